The van der Waals surface area contributed by atoms with E-state index in [0.29, 0.717) is 27.6 Å². The van der Waals surface area contributed by atoms with Crippen LogP contribution in [0.15, 0.2) is 84.0 Å². The molecule has 0 radical (unpaired) electrons. The molecule has 0 bridgehead atoms. The zero-order chi connectivity index (χ0) is 24.8. The summed E-state index contributed by atoms with van der Waals surface area (Å²) < 4.78 is 16.2. The number of hydrogen-bond acceptors (Lipinski definition) is 6. The van der Waals surface area contributed by atoms with E-state index < -0.39 is 11.9 Å². The number of carbonyl (C=O) groups excluding carboxylic acids is 2. The lowest BCUT2D eigenvalue weighted by molar-refractivity contribution is 0.0734. The highest BCUT2D eigenvalue weighted by molar-refractivity contribution is 6.33. The molecule has 0 aliphatic rings. The maximum absolute atomic E-state index is 12.9. The second-order valence-electron chi connectivity index (χ2n) is 7.34. The molecule has 4 aromatic rings. The van der Waals surface area contributed by atoms with Gasteiger partial charge >= 0.3 is 5.97 Å². The van der Waals surface area contributed by atoms with Gasteiger partial charge in [-0.05, 0) is 47.2 Å². The van der Waals surface area contributed by atoms with E-state index in [0.717, 1.165) is 10.8 Å². The molecular formula is C27H21ClN2O5. The van der Waals surface area contributed by atoms with Crippen LogP contribution in [0.3, 0.4) is 0 Å². The van der Waals surface area contributed by atoms with Gasteiger partial charge in [0.15, 0.2) is 11.5 Å². The Bertz CT molecular complexity index is 1430. The van der Waals surface area contributed by atoms with E-state index >= 15 is 0 Å². The molecule has 7 nitrogen and oxygen atoms in total. The summed E-state index contributed by atoms with van der Waals surface area (Å²) in [5.74, 6) is 0.132. The number of hydrazone groups is 1. The third-order valence-electron chi connectivity index (χ3n) is 5.23. The summed E-state index contributed by atoms with van der Waals surface area (Å²) in [6.07, 6.45) is 1.44. The van der Waals surface area contributed by atoms with Crippen LogP contribution >= 0.6 is 11.6 Å². The highest BCUT2D eigenvalue weighted by Crippen LogP contribution is 2.30. The van der Waals surface area contributed by atoms with Crippen molar-refractivity contribution in [3.63, 3.8) is 0 Å². The van der Waals surface area contributed by atoms with E-state index in [4.69, 9.17) is 25.8 Å². The number of halogens is 1. The molecule has 1 N–H and O–H groups in total. The molecule has 1 amide bonds. The third kappa shape index (κ3) is 5.26. The highest BCUT2D eigenvalue weighted by Gasteiger charge is 2.16. The number of benzene rings is 4. The molecule has 35 heavy (non-hydrogen) atoms. The SMILES string of the molecule is COc1ccc(C(=O)Oc2ccc3ccccc3c2/C=N\NC(=O)c2ccccc2Cl)cc1OC. The normalized spacial score (nSPS) is 10.8. The summed E-state index contributed by atoms with van der Waals surface area (Å²) in [6.45, 7) is 0. The van der Waals surface area contributed by atoms with Crippen LogP contribution in [0.5, 0.6) is 17.2 Å². The Morgan fingerprint density at radius 1 is 0.857 bits per heavy atom. The molecule has 0 fully saturated rings. The van der Waals surface area contributed by atoms with Crippen LogP contribution in [0.2, 0.25) is 5.02 Å². The van der Waals surface area contributed by atoms with Gasteiger partial charge in [0.05, 0.1) is 36.6 Å². The first-order valence-electron chi connectivity index (χ1n) is 10.6. The number of nitrogens with one attached hydrogen (secondary N) is 1. The molecule has 0 saturated carbocycles. The van der Waals surface area contributed by atoms with Gasteiger partial charge in [-0.1, -0.05) is 54.1 Å². The van der Waals surface area contributed by atoms with E-state index in [2.05, 4.69) is 10.5 Å². The van der Waals surface area contributed by atoms with Gasteiger partial charge in [-0.15, -0.1) is 0 Å². The van der Waals surface area contributed by atoms with Crippen LogP contribution in [-0.4, -0.2) is 32.3 Å². The molecule has 8 heteroatoms. The Balaban J connectivity index is 1.64. The van der Waals surface area contributed by atoms with Crippen molar-refractivity contribution in [2.75, 3.05) is 14.2 Å². The number of nitrogens with zero attached hydrogens (tertiary/aromatic N) is 1. The molecule has 0 atom stereocenters. The second-order valence-corrected chi connectivity index (χ2v) is 7.74. The summed E-state index contributed by atoms with van der Waals surface area (Å²) >= 11 is 6.09. The van der Waals surface area contributed by atoms with Gasteiger partial charge in [-0.2, -0.15) is 5.10 Å². The highest BCUT2D eigenvalue weighted by atomic mass is 35.5. The smallest absolute Gasteiger partial charge is 0.343 e. The fourth-order valence-corrected chi connectivity index (χ4v) is 3.70. The Kier molecular flexibility index (Phi) is 7.28. The van der Waals surface area contributed by atoms with Crippen molar-refractivity contribution in [1.29, 1.82) is 0 Å². The number of fused-ring (bicyclic) bond motifs is 1. The van der Waals surface area contributed by atoms with Crippen LogP contribution in [0.1, 0.15) is 26.3 Å². The number of ether oxygens (including phenoxy) is 3. The quantitative estimate of drug-likeness (QED) is 0.161. The summed E-state index contributed by atoms with van der Waals surface area (Å²) in [7, 11) is 3.00. The van der Waals surface area contributed by atoms with Crippen molar-refractivity contribution in [3.05, 3.63) is 101 Å². The van der Waals surface area contributed by atoms with Crippen molar-refractivity contribution < 1.29 is 23.8 Å². The number of esters is 1. The lowest BCUT2D eigenvalue weighted by atomic mass is 10.0. The van der Waals surface area contributed by atoms with Gasteiger partial charge in [0.25, 0.3) is 5.91 Å². The predicted molar refractivity (Wildman–Crippen MR) is 135 cm³/mol. The van der Waals surface area contributed by atoms with Crippen molar-refractivity contribution in [1.82, 2.24) is 5.43 Å². The van der Waals surface area contributed by atoms with E-state index in [-0.39, 0.29) is 11.3 Å². The predicted octanol–water partition coefficient (Wildman–Crippen LogP) is 5.49. The largest absolute Gasteiger partial charge is 0.493 e. The lowest BCUT2D eigenvalue weighted by Crippen LogP contribution is -2.18. The minimum atomic E-state index is -0.587. The van der Waals surface area contributed by atoms with Crippen molar-refractivity contribution >= 4 is 40.5 Å². The number of rotatable bonds is 7. The van der Waals surface area contributed by atoms with E-state index in [1.165, 1.54) is 20.4 Å². The van der Waals surface area contributed by atoms with Gasteiger partial charge in [-0.3, -0.25) is 4.79 Å². The molecule has 4 rings (SSSR count). The maximum atomic E-state index is 12.9. The summed E-state index contributed by atoms with van der Waals surface area (Å²) in [5, 5.41) is 6.11. The third-order valence-corrected chi connectivity index (χ3v) is 5.56. The first kappa shape index (κ1) is 23.8. The van der Waals surface area contributed by atoms with Crippen LogP contribution < -0.4 is 19.6 Å². The maximum Gasteiger partial charge on any atom is 0.343 e. The zero-order valence-electron chi connectivity index (χ0n) is 18.9. The molecule has 0 spiro atoms. The Morgan fingerprint density at radius 2 is 1.57 bits per heavy atom. The lowest BCUT2D eigenvalue weighted by Gasteiger charge is -2.12. The van der Waals surface area contributed by atoms with Crippen LogP contribution in [-0.2, 0) is 0 Å². The Morgan fingerprint density at radius 3 is 2.34 bits per heavy atom. The molecule has 0 aliphatic carbocycles. The number of hydrogen-bond donors (Lipinski definition) is 1. The van der Waals surface area contributed by atoms with Gasteiger partial charge in [0, 0.05) is 5.56 Å². The monoisotopic (exact) mass is 488 g/mol. The van der Waals surface area contributed by atoms with Crippen molar-refractivity contribution in [3.8, 4) is 17.2 Å². The molecule has 0 aliphatic heterocycles. The molecule has 176 valence electrons. The zero-order valence-corrected chi connectivity index (χ0v) is 19.7. The summed E-state index contributed by atoms with van der Waals surface area (Å²) in [4.78, 5) is 25.4. The van der Waals surface area contributed by atoms with Gasteiger partial charge in [0.1, 0.15) is 5.75 Å². The van der Waals surface area contributed by atoms with Gasteiger partial charge in [0.2, 0.25) is 0 Å². The number of methoxy groups -OCH3 is 2. The summed E-state index contributed by atoms with van der Waals surface area (Å²) in [6, 6.07) is 22.5. The van der Waals surface area contributed by atoms with E-state index in [1.807, 2.05) is 30.3 Å². The molecule has 4 aromatic carbocycles. The number of amides is 1. The molecule has 0 aromatic heterocycles. The second kappa shape index (κ2) is 10.7. The molecule has 0 unspecified atom stereocenters. The summed E-state index contributed by atoms with van der Waals surface area (Å²) in [5.41, 5.74) is 3.57. The Hall–Kier alpha value is -4.36. The fraction of sp³-hybridized carbons (Fsp3) is 0.0741. The Labute approximate surface area is 206 Å². The first-order valence-corrected chi connectivity index (χ1v) is 10.9. The fourth-order valence-electron chi connectivity index (χ4n) is 3.48. The van der Waals surface area contributed by atoms with Crippen LogP contribution in [0, 0.1) is 0 Å². The number of carbonyl (C=O) groups is 2. The molecule has 0 heterocycles. The average molecular weight is 489 g/mol. The van der Waals surface area contributed by atoms with E-state index in [1.54, 1.807) is 48.5 Å². The first-order chi connectivity index (χ1) is 17.0. The standard InChI is InChI=1S/C27H21ClN2O5/c1-33-24-14-12-18(15-25(24)34-2)27(32)35-23-13-11-17-7-3-4-8-19(17)21(23)16-29-30-26(31)20-9-5-6-10-22(20)28/h3-16H,1-2H3,(H,30,31)/b29-16-. The molecule has 0 saturated heterocycles. The van der Waals surface area contributed by atoms with Gasteiger partial charge in [-0.25, -0.2) is 10.2 Å². The minimum absolute atomic E-state index is 0.277. The topological polar surface area (TPSA) is 86.2 Å². The van der Waals surface area contributed by atoms with Crippen LogP contribution in [0.25, 0.3) is 10.8 Å². The average Bonchev–Trinajstić information content (AvgIpc) is 2.89. The minimum Gasteiger partial charge on any atom is -0.493 e. The molecular weight excluding hydrogens is 468 g/mol. The van der Waals surface area contributed by atoms with Crippen molar-refractivity contribution in [2.45, 2.75) is 0 Å². The van der Waals surface area contributed by atoms with Crippen LogP contribution in [0.4, 0.5) is 0 Å². The van der Waals surface area contributed by atoms with Crippen molar-refractivity contribution in [2.24, 2.45) is 5.10 Å². The van der Waals surface area contributed by atoms with Gasteiger partial charge < -0.3 is 14.2 Å². The van der Waals surface area contributed by atoms with E-state index in [9.17, 15) is 9.59 Å².